The maximum absolute atomic E-state index is 5.86. The molecule has 0 aliphatic carbocycles. The lowest BCUT2D eigenvalue weighted by molar-refractivity contribution is 0.420. The second kappa shape index (κ2) is 8.02. The number of rotatable bonds is 7. The lowest BCUT2D eigenvalue weighted by Gasteiger charge is -2.21. The molecule has 0 heterocycles. The molecule has 1 N–H and O–H groups in total. The zero-order valence-electron chi connectivity index (χ0n) is 10.9. The van der Waals surface area contributed by atoms with E-state index in [-0.39, 0.29) is 0 Å². The van der Waals surface area contributed by atoms with E-state index in [9.17, 15) is 0 Å². The first-order chi connectivity index (χ1) is 8.17. The molecular weight excluding hydrogens is 250 g/mol. The van der Waals surface area contributed by atoms with Crippen LogP contribution in [0.4, 0.5) is 0 Å². The summed E-state index contributed by atoms with van der Waals surface area (Å²) in [4.78, 5) is 0. The summed E-state index contributed by atoms with van der Waals surface area (Å²) >= 11 is 7.85. The topological polar surface area (TPSA) is 12.0 Å². The summed E-state index contributed by atoms with van der Waals surface area (Å²) in [5, 5.41) is 4.22. The second-order valence-electron chi connectivity index (χ2n) is 4.42. The zero-order chi connectivity index (χ0) is 12.7. The van der Waals surface area contributed by atoms with Crippen LogP contribution in [-0.4, -0.2) is 18.8 Å². The maximum atomic E-state index is 5.86. The van der Waals surface area contributed by atoms with Gasteiger partial charge in [-0.2, -0.15) is 11.8 Å². The number of nitrogens with one attached hydrogen (secondary N) is 1. The van der Waals surface area contributed by atoms with E-state index < -0.39 is 0 Å². The third-order valence-corrected chi connectivity index (χ3v) is 4.57. The average molecular weight is 272 g/mol. The number of thioether (sulfide) groups is 1. The molecule has 0 aliphatic rings. The Bertz CT molecular complexity index is 313. The summed E-state index contributed by atoms with van der Waals surface area (Å²) < 4.78 is 0. The van der Waals surface area contributed by atoms with Gasteiger partial charge in [0, 0.05) is 22.6 Å². The molecule has 2 atom stereocenters. The van der Waals surface area contributed by atoms with Crippen molar-refractivity contribution in [2.24, 2.45) is 5.92 Å². The summed E-state index contributed by atoms with van der Waals surface area (Å²) in [6.45, 7) is 4.56. The van der Waals surface area contributed by atoms with Crippen molar-refractivity contribution >= 4 is 23.4 Å². The van der Waals surface area contributed by atoms with Crippen molar-refractivity contribution in [3.05, 3.63) is 34.9 Å². The van der Waals surface area contributed by atoms with Crippen LogP contribution in [0, 0.1) is 5.92 Å². The molecule has 17 heavy (non-hydrogen) atoms. The van der Waals surface area contributed by atoms with Gasteiger partial charge in [-0.1, -0.05) is 44.0 Å². The highest BCUT2D eigenvalue weighted by Gasteiger charge is 2.13. The Morgan fingerprint density at radius 1 is 1.29 bits per heavy atom. The minimum absolute atomic E-state index is 0.609. The molecule has 96 valence electrons. The molecule has 0 spiro atoms. The molecule has 0 amide bonds. The van der Waals surface area contributed by atoms with Gasteiger partial charge in [-0.05, 0) is 30.7 Å². The molecule has 1 rings (SSSR count). The Morgan fingerprint density at radius 2 is 1.94 bits per heavy atom. The van der Waals surface area contributed by atoms with Gasteiger partial charge in [-0.25, -0.2) is 0 Å². The van der Waals surface area contributed by atoms with Crippen LogP contribution in [-0.2, 0) is 5.75 Å². The number of hydrogen-bond acceptors (Lipinski definition) is 2. The highest BCUT2D eigenvalue weighted by Crippen LogP contribution is 2.18. The largest absolute Gasteiger partial charge is 0.316 e. The minimum Gasteiger partial charge on any atom is -0.316 e. The van der Waals surface area contributed by atoms with Crippen molar-refractivity contribution < 1.29 is 0 Å². The fraction of sp³-hybridized carbons (Fsp3) is 0.571. The molecule has 0 aromatic heterocycles. The van der Waals surface area contributed by atoms with Gasteiger partial charge in [-0.15, -0.1) is 0 Å². The van der Waals surface area contributed by atoms with Gasteiger partial charge >= 0.3 is 0 Å². The molecule has 1 aromatic carbocycles. The standard InChI is InChI=1S/C14H22ClNS/c1-4-11(2)14(16-3)10-17-9-12-5-7-13(15)8-6-12/h5-8,11,14,16H,4,9-10H2,1-3H3. The Balaban J connectivity index is 2.33. The van der Waals surface area contributed by atoms with E-state index in [1.54, 1.807) is 0 Å². The number of halogens is 1. The highest BCUT2D eigenvalue weighted by molar-refractivity contribution is 7.98. The fourth-order valence-electron chi connectivity index (χ4n) is 1.70. The van der Waals surface area contributed by atoms with Gasteiger partial charge in [-0.3, -0.25) is 0 Å². The van der Waals surface area contributed by atoms with Crippen molar-refractivity contribution in [1.29, 1.82) is 0 Å². The Kier molecular flexibility index (Phi) is 7.02. The smallest absolute Gasteiger partial charge is 0.0406 e. The van der Waals surface area contributed by atoms with Gasteiger partial charge in [0.2, 0.25) is 0 Å². The van der Waals surface area contributed by atoms with Crippen LogP contribution in [0.5, 0.6) is 0 Å². The van der Waals surface area contributed by atoms with E-state index >= 15 is 0 Å². The zero-order valence-corrected chi connectivity index (χ0v) is 12.4. The first-order valence-corrected chi connectivity index (χ1v) is 7.70. The van der Waals surface area contributed by atoms with Crippen molar-refractivity contribution in [3.8, 4) is 0 Å². The molecule has 0 bridgehead atoms. The molecule has 2 unspecified atom stereocenters. The van der Waals surface area contributed by atoms with E-state index in [1.165, 1.54) is 12.0 Å². The molecule has 1 nitrogen and oxygen atoms in total. The Labute approximate surface area is 114 Å². The molecule has 1 aromatic rings. The molecule has 0 fully saturated rings. The van der Waals surface area contributed by atoms with Crippen molar-refractivity contribution in [2.45, 2.75) is 32.1 Å². The van der Waals surface area contributed by atoms with Gasteiger partial charge in [0.15, 0.2) is 0 Å². The second-order valence-corrected chi connectivity index (χ2v) is 5.89. The SMILES string of the molecule is CCC(C)C(CSCc1ccc(Cl)cc1)NC. The summed E-state index contributed by atoms with van der Waals surface area (Å²) in [6.07, 6.45) is 1.23. The summed E-state index contributed by atoms with van der Waals surface area (Å²) in [7, 11) is 2.06. The van der Waals surface area contributed by atoms with Crippen molar-refractivity contribution in [2.75, 3.05) is 12.8 Å². The third-order valence-electron chi connectivity index (χ3n) is 3.18. The van der Waals surface area contributed by atoms with Crippen LogP contribution < -0.4 is 5.32 Å². The number of benzene rings is 1. The highest BCUT2D eigenvalue weighted by atomic mass is 35.5. The minimum atomic E-state index is 0.609. The molecule has 0 radical (unpaired) electrons. The Morgan fingerprint density at radius 3 is 2.47 bits per heavy atom. The average Bonchev–Trinajstić information content (AvgIpc) is 2.36. The quantitative estimate of drug-likeness (QED) is 0.797. The lowest BCUT2D eigenvalue weighted by atomic mass is 10.0. The molecule has 0 saturated carbocycles. The van der Waals surface area contributed by atoms with Gasteiger partial charge in [0.25, 0.3) is 0 Å². The molecule has 3 heteroatoms. The summed E-state index contributed by atoms with van der Waals surface area (Å²) in [5.74, 6) is 2.96. The summed E-state index contributed by atoms with van der Waals surface area (Å²) in [5.41, 5.74) is 1.35. The van der Waals surface area contributed by atoms with Crippen molar-refractivity contribution in [3.63, 3.8) is 0 Å². The van der Waals surface area contributed by atoms with Crippen molar-refractivity contribution in [1.82, 2.24) is 5.32 Å². The van der Waals surface area contributed by atoms with Crippen LogP contribution in [0.3, 0.4) is 0 Å². The first-order valence-electron chi connectivity index (χ1n) is 6.16. The maximum Gasteiger partial charge on any atom is 0.0406 e. The summed E-state index contributed by atoms with van der Waals surface area (Å²) in [6, 6.07) is 8.74. The lowest BCUT2D eigenvalue weighted by Crippen LogP contribution is -2.34. The monoisotopic (exact) mass is 271 g/mol. The van der Waals surface area contributed by atoms with E-state index in [1.807, 2.05) is 23.9 Å². The van der Waals surface area contributed by atoms with Crippen LogP contribution >= 0.6 is 23.4 Å². The fourth-order valence-corrected chi connectivity index (χ4v) is 3.12. The first kappa shape index (κ1) is 14.9. The predicted octanol–water partition coefficient (Wildman–Crippen LogP) is 4.21. The molecule has 0 saturated heterocycles. The van der Waals surface area contributed by atoms with Gasteiger partial charge in [0.1, 0.15) is 0 Å². The molecular formula is C14H22ClNS. The van der Waals surface area contributed by atoms with E-state index in [0.29, 0.717) is 6.04 Å². The van der Waals surface area contributed by atoms with E-state index in [4.69, 9.17) is 11.6 Å². The van der Waals surface area contributed by atoms with Crippen LogP contribution in [0.25, 0.3) is 0 Å². The Hall–Kier alpha value is -0.180. The van der Waals surface area contributed by atoms with Crippen LogP contribution in [0.2, 0.25) is 5.02 Å². The van der Waals surface area contributed by atoms with Gasteiger partial charge in [0.05, 0.1) is 0 Å². The van der Waals surface area contributed by atoms with Gasteiger partial charge < -0.3 is 5.32 Å². The van der Waals surface area contributed by atoms with Crippen LogP contribution in [0.1, 0.15) is 25.8 Å². The van der Waals surface area contributed by atoms with Crippen LogP contribution in [0.15, 0.2) is 24.3 Å². The van der Waals surface area contributed by atoms with E-state index in [2.05, 4.69) is 38.3 Å². The normalized spacial score (nSPS) is 14.6. The predicted molar refractivity (Wildman–Crippen MR) is 79.9 cm³/mol. The van der Waals surface area contributed by atoms with E-state index in [0.717, 1.165) is 22.4 Å². The molecule has 0 aliphatic heterocycles. The number of hydrogen-bond donors (Lipinski definition) is 1. The third kappa shape index (κ3) is 5.33.